The van der Waals surface area contributed by atoms with E-state index in [0.717, 1.165) is 5.25 Å². The average Bonchev–Trinajstić information content (AvgIpc) is 1.82. The summed E-state index contributed by atoms with van der Waals surface area (Å²) in [5, 5.41) is 0.926. The van der Waals surface area contributed by atoms with Crippen LogP contribution in [0.3, 0.4) is 0 Å². The zero-order valence-corrected chi connectivity index (χ0v) is 7.35. The Morgan fingerprint density at radius 1 is 1.62 bits per heavy atom. The third-order valence-electron chi connectivity index (χ3n) is 1.21. The smallest absolute Gasteiger partial charge is 0.0978 e. The Hall–Kier alpha value is 0.700. The van der Waals surface area contributed by atoms with Crippen molar-refractivity contribution in [3.05, 3.63) is 0 Å². The fourth-order valence-corrected chi connectivity index (χ4v) is 4.22. The Morgan fingerprint density at radius 2 is 2.25 bits per heavy atom. The van der Waals surface area contributed by atoms with Gasteiger partial charge in [0, 0.05) is 5.75 Å². The van der Waals surface area contributed by atoms with Gasteiger partial charge in [0.2, 0.25) is 0 Å². The lowest BCUT2D eigenvalue weighted by Crippen LogP contribution is -2.14. The third kappa shape index (κ3) is 1.59. The monoisotopic (exact) mass is 149 g/mol. The van der Waals surface area contributed by atoms with Crippen LogP contribution in [0, 0.1) is 0 Å². The maximum absolute atomic E-state index is 2.32. The average molecular weight is 149 g/mol. The molecule has 0 amide bonds. The number of hydrogen-bond acceptors (Lipinski definition) is 1. The van der Waals surface area contributed by atoms with Crippen LogP contribution in [-0.4, -0.2) is 15.1 Å². The van der Waals surface area contributed by atoms with Gasteiger partial charge in [0.25, 0.3) is 0 Å². The quantitative estimate of drug-likeness (QED) is 0.373. The molecule has 0 aliphatic carbocycles. The molecule has 1 fully saturated rings. The first-order chi connectivity index (χ1) is 3.60. The molecule has 48 valence electrons. The molecule has 0 radical (unpaired) electrons. The molecule has 0 bridgehead atoms. The zero-order valence-electron chi connectivity index (χ0n) is 5.64. The van der Waals surface area contributed by atoms with Crippen LogP contribution in [0.15, 0.2) is 0 Å². The first-order valence-electron chi connectivity index (χ1n) is 2.96. The zero-order chi connectivity index (χ0) is 6.20. The van der Waals surface area contributed by atoms with Crippen molar-refractivity contribution >= 4 is 23.5 Å². The number of thiol groups is 1. The van der Waals surface area contributed by atoms with E-state index < -0.39 is 0 Å². The van der Waals surface area contributed by atoms with E-state index in [9.17, 15) is 0 Å². The second-order valence-electron chi connectivity index (χ2n) is 2.74. The second-order valence-corrected chi connectivity index (χ2v) is 6.94. The summed E-state index contributed by atoms with van der Waals surface area (Å²) in [5.41, 5.74) is 0. The van der Waals surface area contributed by atoms with E-state index in [2.05, 4.69) is 32.5 Å². The van der Waals surface area contributed by atoms with E-state index in [0.29, 0.717) is 4.08 Å². The highest BCUT2D eigenvalue weighted by Crippen LogP contribution is 2.35. The SMILES string of the molecule is CC1CSC(C)(C)[SH+]1. The normalized spacial score (nSPS) is 35.6. The van der Waals surface area contributed by atoms with Gasteiger partial charge in [-0.15, -0.1) is 0 Å². The Bertz CT molecular complexity index is 88.5. The highest BCUT2D eigenvalue weighted by Gasteiger charge is 2.37. The molecule has 0 aromatic rings. The van der Waals surface area contributed by atoms with Crippen molar-refractivity contribution in [1.82, 2.24) is 0 Å². The van der Waals surface area contributed by atoms with Crippen LogP contribution in [0.1, 0.15) is 20.8 Å². The van der Waals surface area contributed by atoms with Gasteiger partial charge in [-0.3, -0.25) is 0 Å². The number of rotatable bonds is 0. The van der Waals surface area contributed by atoms with Crippen molar-refractivity contribution in [2.24, 2.45) is 0 Å². The largest absolute Gasteiger partial charge is 0.165 e. The molecule has 0 saturated carbocycles. The third-order valence-corrected chi connectivity index (χ3v) is 4.78. The van der Waals surface area contributed by atoms with Gasteiger partial charge in [-0.05, 0) is 32.5 Å². The summed E-state index contributed by atoms with van der Waals surface area (Å²) in [6.07, 6.45) is 0. The summed E-state index contributed by atoms with van der Waals surface area (Å²) in [6.45, 7) is 6.97. The molecular formula is C6H13S2+. The first kappa shape index (κ1) is 6.81. The van der Waals surface area contributed by atoms with Gasteiger partial charge in [0.05, 0.1) is 0 Å². The van der Waals surface area contributed by atoms with Crippen LogP contribution < -0.4 is 0 Å². The summed E-state index contributed by atoms with van der Waals surface area (Å²) in [6, 6.07) is 0. The van der Waals surface area contributed by atoms with Crippen molar-refractivity contribution < 1.29 is 0 Å². The van der Waals surface area contributed by atoms with Gasteiger partial charge in [-0.1, -0.05) is 11.8 Å². The van der Waals surface area contributed by atoms with Gasteiger partial charge in [-0.2, -0.15) is 0 Å². The molecule has 1 aliphatic rings. The van der Waals surface area contributed by atoms with Crippen molar-refractivity contribution in [1.29, 1.82) is 0 Å². The van der Waals surface area contributed by atoms with Crippen LogP contribution in [0.2, 0.25) is 0 Å². The number of hydrogen-bond donors (Lipinski definition) is 0. The van der Waals surface area contributed by atoms with Gasteiger partial charge >= 0.3 is 0 Å². The van der Waals surface area contributed by atoms with Crippen LogP contribution in [0.25, 0.3) is 0 Å². The second kappa shape index (κ2) is 2.14. The van der Waals surface area contributed by atoms with Gasteiger partial charge < -0.3 is 0 Å². The summed E-state index contributed by atoms with van der Waals surface area (Å²) in [7, 11) is 0. The molecule has 1 rings (SSSR count). The summed E-state index contributed by atoms with van der Waals surface area (Å²) in [4.78, 5) is 0. The molecule has 1 saturated heterocycles. The molecule has 8 heavy (non-hydrogen) atoms. The van der Waals surface area contributed by atoms with Crippen molar-refractivity contribution in [2.45, 2.75) is 30.1 Å². The van der Waals surface area contributed by atoms with Gasteiger partial charge in [0.15, 0.2) is 4.08 Å². The van der Waals surface area contributed by atoms with E-state index >= 15 is 0 Å². The molecule has 1 heterocycles. The maximum atomic E-state index is 2.32. The lowest BCUT2D eigenvalue weighted by molar-refractivity contribution is 1.03. The van der Waals surface area contributed by atoms with Gasteiger partial charge in [0.1, 0.15) is 5.25 Å². The Labute approximate surface area is 59.8 Å². The van der Waals surface area contributed by atoms with E-state index in [-0.39, 0.29) is 0 Å². The Morgan fingerprint density at radius 3 is 2.38 bits per heavy atom. The van der Waals surface area contributed by atoms with Gasteiger partial charge in [-0.25, -0.2) is 0 Å². The lowest BCUT2D eigenvalue weighted by atomic mass is 10.5. The molecule has 0 N–H and O–H groups in total. The highest BCUT2D eigenvalue weighted by molar-refractivity contribution is 8.13. The Kier molecular flexibility index (Phi) is 1.83. The predicted octanol–water partition coefficient (Wildman–Crippen LogP) is 1.67. The summed E-state index contributed by atoms with van der Waals surface area (Å²) in [5.74, 6) is 1.36. The van der Waals surface area contributed by atoms with E-state index in [1.807, 2.05) is 0 Å². The molecule has 1 atom stereocenters. The topological polar surface area (TPSA) is 0 Å². The minimum absolute atomic E-state index is 0.555. The van der Waals surface area contributed by atoms with Crippen LogP contribution in [-0.2, 0) is 11.8 Å². The lowest BCUT2D eigenvalue weighted by Gasteiger charge is -2.04. The predicted molar refractivity (Wildman–Crippen MR) is 44.8 cm³/mol. The minimum atomic E-state index is 0.555. The van der Waals surface area contributed by atoms with Crippen molar-refractivity contribution in [3.8, 4) is 0 Å². The van der Waals surface area contributed by atoms with E-state index in [1.165, 1.54) is 5.75 Å². The molecule has 0 aromatic heterocycles. The first-order valence-corrected chi connectivity index (χ1v) is 4.91. The Balaban J connectivity index is 2.44. The summed E-state index contributed by atoms with van der Waals surface area (Å²) < 4.78 is 0.555. The minimum Gasteiger partial charge on any atom is -0.0978 e. The molecule has 0 aromatic carbocycles. The highest BCUT2D eigenvalue weighted by atomic mass is 32.2. The van der Waals surface area contributed by atoms with Crippen LogP contribution in [0.5, 0.6) is 0 Å². The van der Waals surface area contributed by atoms with Crippen LogP contribution >= 0.6 is 11.8 Å². The fourth-order valence-electron chi connectivity index (χ4n) is 0.930. The molecule has 0 nitrogen and oxygen atoms in total. The van der Waals surface area contributed by atoms with E-state index in [1.54, 1.807) is 11.8 Å². The number of thioether (sulfide) groups is 1. The molecule has 1 aliphatic heterocycles. The van der Waals surface area contributed by atoms with Crippen molar-refractivity contribution in [2.75, 3.05) is 5.75 Å². The molecule has 0 spiro atoms. The summed E-state index contributed by atoms with van der Waals surface area (Å²) >= 11 is 3.72. The standard InChI is InChI=1S/C6H12S2/c1-5-4-7-6(2,3)8-5/h5H,4H2,1-3H3/p+1. The molecule has 1 unspecified atom stereocenters. The van der Waals surface area contributed by atoms with Crippen molar-refractivity contribution in [3.63, 3.8) is 0 Å². The fraction of sp³-hybridized carbons (Fsp3) is 1.00. The molecular weight excluding hydrogens is 136 g/mol. The molecule has 2 heteroatoms. The maximum Gasteiger partial charge on any atom is 0.165 e. The van der Waals surface area contributed by atoms with Crippen LogP contribution in [0.4, 0.5) is 0 Å². The van der Waals surface area contributed by atoms with E-state index in [4.69, 9.17) is 0 Å².